The van der Waals surface area contributed by atoms with E-state index in [4.69, 9.17) is 10.5 Å². The molecule has 3 nitrogen and oxygen atoms in total. The van der Waals surface area contributed by atoms with E-state index in [-0.39, 0.29) is 12.6 Å². The highest BCUT2D eigenvalue weighted by atomic mass is 32.2. The molecular formula is C20H29NO2S. The smallest absolute Gasteiger partial charge is 0.324 e. The van der Waals surface area contributed by atoms with Crippen molar-refractivity contribution in [2.24, 2.45) is 17.6 Å². The maximum atomic E-state index is 12.1. The van der Waals surface area contributed by atoms with Crippen molar-refractivity contribution in [2.75, 3.05) is 5.75 Å². The summed E-state index contributed by atoms with van der Waals surface area (Å²) >= 11 is 1.79. The summed E-state index contributed by atoms with van der Waals surface area (Å²) in [4.78, 5) is 12.1. The molecule has 1 aromatic rings. The molecule has 1 aliphatic rings. The van der Waals surface area contributed by atoms with Crippen LogP contribution in [0.15, 0.2) is 42.0 Å². The highest BCUT2D eigenvalue weighted by Crippen LogP contribution is 2.36. The molecule has 0 saturated carbocycles. The second-order valence-electron chi connectivity index (χ2n) is 6.96. The predicted molar refractivity (Wildman–Crippen MR) is 102 cm³/mol. The molecule has 2 rings (SSSR count). The fourth-order valence-corrected chi connectivity index (χ4v) is 4.64. The summed E-state index contributed by atoms with van der Waals surface area (Å²) in [6, 6.07) is 9.12. The van der Waals surface area contributed by atoms with Crippen LogP contribution in [0.4, 0.5) is 0 Å². The Morgan fingerprint density at radius 3 is 2.71 bits per heavy atom. The van der Waals surface area contributed by atoms with Gasteiger partial charge in [0.05, 0.1) is 0 Å². The Labute approximate surface area is 150 Å². The minimum absolute atomic E-state index is 0.287. The third-order valence-corrected chi connectivity index (χ3v) is 6.02. The number of esters is 1. The Kier molecular flexibility index (Phi) is 7.38. The fraction of sp³-hybridized carbons (Fsp3) is 0.550. The van der Waals surface area contributed by atoms with Crippen molar-refractivity contribution in [2.45, 2.75) is 51.5 Å². The molecule has 2 unspecified atom stereocenters. The molecule has 0 spiro atoms. The van der Waals surface area contributed by atoms with Gasteiger partial charge in [0.2, 0.25) is 0 Å². The molecule has 24 heavy (non-hydrogen) atoms. The molecule has 0 heterocycles. The minimum atomic E-state index is -0.567. The first-order valence-corrected chi connectivity index (χ1v) is 9.77. The first kappa shape index (κ1) is 19.1. The summed E-state index contributed by atoms with van der Waals surface area (Å²) in [5.74, 6) is 1.59. The number of thioether (sulfide) groups is 1. The van der Waals surface area contributed by atoms with Crippen LogP contribution in [0.2, 0.25) is 0 Å². The van der Waals surface area contributed by atoms with Gasteiger partial charge in [-0.1, -0.05) is 55.8 Å². The zero-order chi connectivity index (χ0) is 17.5. The van der Waals surface area contributed by atoms with E-state index in [2.05, 4.69) is 26.8 Å². The van der Waals surface area contributed by atoms with Gasteiger partial charge in [-0.3, -0.25) is 4.79 Å². The van der Waals surface area contributed by atoms with Crippen molar-refractivity contribution in [3.8, 4) is 0 Å². The Morgan fingerprint density at radius 2 is 2.04 bits per heavy atom. The average molecular weight is 348 g/mol. The number of hydrogen-bond donors (Lipinski definition) is 1. The normalized spacial score (nSPS) is 22.1. The molecule has 0 amide bonds. The summed E-state index contributed by atoms with van der Waals surface area (Å²) in [7, 11) is 0. The zero-order valence-electron chi connectivity index (χ0n) is 14.9. The zero-order valence-corrected chi connectivity index (χ0v) is 15.7. The van der Waals surface area contributed by atoms with E-state index in [0.29, 0.717) is 22.8 Å². The average Bonchev–Trinajstić information content (AvgIpc) is 2.58. The van der Waals surface area contributed by atoms with Crippen molar-refractivity contribution >= 4 is 17.7 Å². The van der Waals surface area contributed by atoms with Gasteiger partial charge in [0.1, 0.15) is 12.6 Å². The maximum absolute atomic E-state index is 12.1. The van der Waals surface area contributed by atoms with E-state index in [1.165, 1.54) is 18.4 Å². The summed E-state index contributed by atoms with van der Waals surface area (Å²) in [6.45, 7) is 7.04. The summed E-state index contributed by atoms with van der Waals surface area (Å²) in [5, 5.41) is 0.451. The van der Waals surface area contributed by atoms with Gasteiger partial charge in [-0.25, -0.2) is 0 Å². The standard InChI is InChI=1S/C20H29NO2S/c1-14(2)17-10-9-15(3)11-19(17)24-13-18(21)20(22)23-12-16-7-5-4-6-8-16/h4-8,11,14,17-19H,9-10,12-13,21H2,1-3H3/t17?,18-,19?/m0/s1. The number of carbonyl (C=O) groups is 1. The van der Waals surface area contributed by atoms with Gasteiger partial charge in [0.15, 0.2) is 0 Å². The van der Waals surface area contributed by atoms with E-state index in [9.17, 15) is 4.79 Å². The first-order chi connectivity index (χ1) is 11.5. The molecule has 0 saturated heterocycles. The maximum Gasteiger partial charge on any atom is 0.324 e. The number of rotatable bonds is 7. The fourth-order valence-electron chi connectivity index (χ4n) is 3.05. The number of hydrogen-bond acceptors (Lipinski definition) is 4. The molecule has 0 bridgehead atoms. The van der Waals surface area contributed by atoms with Crippen LogP contribution in [0.25, 0.3) is 0 Å². The van der Waals surface area contributed by atoms with Crippen molar-refractivity contribution in [1.82, 2.24) is 0 Å². The third-order valence-electron chi connectivity index (χ3n) is 4.59. The molecule has 1 aliphatic carbocycles. The van der Waals surface area contributed by atoms with E-state index in [1.54, 1.807) is 11.8 Å². The van der Waals surface area contributed by atoms with Crippen LogP contribution in [0.5, 0.6) is 0 Å². The molecule has 2 N–H and O–H groups in total. The molecule has 0 radical (unpaired) electrons. The highest BCUT2D eigenvalue weighted by Gasteiger charge is 2.28. The molecule has 3 atom stereocenters. The van der Waals surface area contributed by atoms with Crippen LogP contribution < -0.4 is 5.73 Å². The number of allylic oxidation sites excluding steroid dienone is 1. The Bertz CT molecular complexity index is 556. The van der Waals surface area contributed by atoms with Gasteiger partial charge in [-0.05, 0) is 37.2 Å². The summed E-state index contributed by atoms with van der Waals surface area (Å²) in [6.07, 6.45) is 4.78. The second-order valence-corrected chi connectivity index (χ2v) is 8.17. The van der Waals surface area contributed by atoms with Gasteiger partial charge >= 0.3 is 5.97 Å². The number of benzene rings is 1. The van der Waals surface area contributed by atoms with Crippen LogP contribution in [-0.2, 0) is 16.1 Å². The molecule has 0 aromatic heterocycles. The van der Waals surface area contributed by atoms with Crippen molar-refractivity contribution < 1.29 is 9.53 Å². The van der Waals surface area contributed by atoms with Crippen molar-refractivity contribution in [1.29, 1.82) is 0 Å². The van der Waals surface area contributed by atoms with Gasteiger partial charge < -0.3 is 10.5 Å². The monoisotopic (exact) mass is 347 g/mol. The Hall–Kier alpha value is -1.26. The Balaban J connectivity index is 1.81. The van der Waals surface area contributed by atoms with E-state index in [1.807, 2.05) is 30.3 Å². The topological polar surface area (TPSA) is 52.3 Å². The number of carbonyl (C=O) groups excluding carboxylic acids is 1. The summed E-state index contributed by atoms with van der Waals surface area (Å²) < 4.78 is 5.33. The lowest BCUT2D eigenvalue weighted by Crippen LogP contribution is -2.36. The first-order valence-electron chi connectivity index (χ1n) is 8.72. The third kappa shape index (κ3) is 5.67. The lowest BCUT2D eigenvalue weighted by Gasteiger charge is -2.32. The van der Waals surface area contributed by atoms with E-state index in [0.717, 1.165) is 5.56 Å². The van der Waals surface area contributed by atoms with Crippen LogP contribution in [-0.4, -0.2) is 23.0 Å². The van der Waals surface area contributed by atoms with Crippen LogP contribution in [0.3, 0.4) is 0 Å². The van der Waals surface area contributed by atoms with E-state index >= 15 is 0 Å². The van der Waals surface area contributed by atoms with Crippen LogP contribution >= 0.6 is 11.8 Å². The van der Waals surface area contributed by atoms with Gasteiger partial charge in [-0.2, -0.15) is 11.8 Å². The van der Waals surface area contributed by atoms with Gasteiger partial charge in [-0.15, -0.1) is 0 Å². The van der Waals surface area contributed by atoms with Gasteiger partial charge in [0, 0.05) is 11.0 Å². The summed E-state index contributed by atoms with van der Waals surface area (Å²) in [5.41, 5.74) is 8.47. The number of nitrogens with two attached hydrogens (primary N) is 1. The minimum Gasteiger partial charge on any atom is -0.460 e. The Morgan fingerprint density at radius 1 is 1.33 bits per heavy atom. The molecule has 1 aromatic carbocycles. The van der Waals surface area contributed by atoms with E-state index < -0.39 is 6.04 Å². The highest BCUT2D eigenvalue weighted by molar-refractivity contribution is 8.00. The molecular weight excluding hydrogens is 318 g/mol. The SMILES string of the molecule is CC1=CC(SC[C@H](N)C(=O)OCc2ccccc2)C(C(C)C)CC1. The van der Waals surface area contributed by atoms with Gasteiger partial charge in [0.25, 0.3) is 0 Å². The number of ether oxygens (including phenoxy) is 1. The second kappa shape index (κ2) is 9.28. The van der Waals surface area contributed by atoms with Crippen molar-refractivity contribution in [3.63, 3.8) is 0 Å². The quantitative estimate of drug-likeness (QED) is 0.594. The lowest BCUT2D eigenvalue weighted by atomic mass is 9.82. The lowest BCUT2D eigenvalue weighted by molar-refractivity contribution is -0.145. The molecule has 0 fully saturated rings. The molecule has 4 heteroatoms. The van der Waals surface area contributed by atoms with Crippen molar-refractivity contribution in [3.05, 3.63) is 47.5 Å². The predicted octanol–water partition coefficient (Wildman–Crippen LogP) is 4.17. The largest absolute Gasteiger partial charge is 0.460 e. The molecule has 0 aliphatic heterocycles. The van der Waals surface area contributed by atoms with Crippen LogP contribution in [0, 0.1) is 11.8 Å². The van der Waals surface area contributed by atoms with Crippen LogP contribution in [0.1, 0.15) is 39.2 Å². The molecule has 132 valence electrons.